The van der Waals surface area contributed by atoms with Crippen LogP contribution in [0.2, 0.25) is 0 Å². The number of Topliss-reactive ketones (excluding diaryl/α,β-unsaturated/α-hetero) is 1. The van der Waals surface area contributed by atoms with E-state index in [9.17, 15) is 4.79 Å². The van der Waals surface area contributed by atoms with E-state index in [1.807, 2.05) is 11.4 Å². The fraction of sp³-hybridized carbons (Fsp3) is 0.182. The van der Waals surface area contributed by atoms with Gasteiger partial charge in [-0.15, -0.1) is 11.3 Å². The van der Waals surface area contributed by atoms with Gasteiger partial charge < -0.3 is 0 Å². The molecule has 1 heterocycles. The zero-order chi connectivity index (χ0) is 9.26. The highest BCUT2D eigenvalue weighted by molar-refractivity contribution is 7.10. The molecule has 1 aliphatic carbocycles. The number of rotatable bonds is 2. The van der Waals surface area contributed by atoms with Gasteiger partial charge in [-0.1, -0.05) is 18.2 Å². The highest BCUT2D eigenvalue weighted by atomic mass is 32.1. The minimum Gasteiger partial charge on any atom is -0.300 e. The lowest BCUT2D eigenvalue weighted by Gasteiger charge is -2.04. The van der Waals surface area contributed by atoms with E-state index in [0.717, 1.165) is 0 Å². The van der Waals surface area contributed by atoms with Crippen LogP contribution in [0.15, 0.2) is 29.6 Å². The number of hydrogen-bond acceptors (Lipinski definition) is 2. The molecule has 0 bridgehead atoms. The predicted octanol–water partition coefficient (Wildman–Crippen LogP) is 2.98. The number of ketones is 1. The molecule has 0 aromatic rings. The van der Waals surface area contributed by atoms with Crippen molar-refractivity contribution in [2.75, 3.05) is 0 Å². The van der Waals surface area contributed by atoms with Crippen LogP contribution >= 0.6 is 11.3 Å². The summed E-state index contributed by atoms with van der Waals surface area (Å²) in [5.41, 5.74) is 2.46. The third-order valence-corrected chi connectivity index (χ3v) is 2.94. The molecule has 66 valence electrons. The first-order chi connectivity index (χ1) is 6.27. The van der Waals surface area contributed by atoms with Crippen LogP contribution in [0.25, 0.3) is 11.1 Å². The van der Waals surface area contributed by atoms with Gasteiger partial charge in [0.1, 0.15) is 5.78 Å². The van der Waals surface area contributed by atoms with Crippen LogP contribution < -0.4 is 0 Å². The topological polar surface area (TPSA) is 17.1 Å². The summed E-state index contributed by atoms with van der Waals surface area (Å²) in [4.78, 5) is 12.2. The number of carbonyl (C=O) groups excluding carboxylic acids is 1. The number of carbonyl (C=O) groups is 1. The molecule has 2 aliphatic rings. The van der Waals surface area contributed by atoms with Gasteiger partial charge in [0.2, 0.25) is 0 Å². The van der Waals surface area contributed by atoms with Crippen molar-refractivity contribution in [1.29, 1.82) is 0 Å². The Hall–Kier alpha value is -1.15. The number of hydrogen-bond donors (Lipinski definition) is 0. The van der Waals surface area contributed by atoms with Gasteiger partial charge in [-0.25, -0.2) is 0 Å². The molecule has 1 nitrogen and oxygen atoms in total. The van der Waals surface area contributed by atoms with Gasteiger partial charge in [0.15, 0.2) is 0 Å². The molecule has 0 spiro atoms. The Morgan fingerprint density at radius 1 is 1.38 bits per heavy atom. The summed E-state index contributed by atoms with van der Waals surface area (Å²) in [5.74, 6) is 0.227. The molecule has 0 fully saturated rings. The molecule has 0 amide bonds. The molecule has 0 aromatic carbocycles. The van der Waals surface area contributed by atoms with Crippen LogP contribution in [-0.4, -0.2) is 5.78 Å². The van der Waals surface area contributed by atoms with E-state index < -0.39 is 0 Å². The molecule has 0 unspecified atom stereocenters. The van der Waals surface area contributed by atoms with Gasteiger partial charge in [-0.05, 0) is 29.5 Å². The lowest BCUT2D eigenvalue weighted by molar-refractivity contribution is -0.116. The molecule has 0 aromatic heterocycles. The Labute approximate surface area is 81.4 Å². The van der Waals surface area contributed by atoms with Crippen LogP contribution in [-0.2, 0) is 11.2 Å². The van der Waals surface area contributed by atoms with E-state index in [4.69, 9.17) is 0 Å². The van der Waals surface area contributed by atoms with Crippen molar-refractivity contribution in [1.82, 2.24) is 0 Å². The third-order valence-electron chi connectivity index (χ3n) is 2.02. The first-order valence-corrected chi connectivity index (χ1v) is 5.10. The van der Waals surface area contributed by atoms with Gasteiger partial charge in [0.05, 0.1) is 0 Å². The molecule has 0 atom stereocenters. The molecule has 2 rings (SSSR count). The zero-order valence-electron chi connectivity index (χ0n) is 7.41. The maximum atomic E-state index is 11.0. The van der Waals surface area contributed by atoms with E-state index in [1.54, 1.807) is 18.3 Å². The fourth-order valence-electron chi connectivity index (χ4n) is 1.45. The highest BCUT2D eigenvalue weighted by Gasteiger charge is 2.08. The van der Waals surface area contributed by atoms with Crippen molar-refractivity contribution in [3.63, 3.8) is 0 Å². The summed E-state index contributed by atoms with van der Waals surface area (Å²) in [7, 11) is 0. The van der Waals surface area contributed by atoms with Crippen molar-refractivity contribution >= 4 is 17.1 Å². The maximum absolute atomic E-state index is 11.0. The first kappa shape index (κ1) is 8.45. The van der Waals surface area contributed by atoms with Crippen molar-refractivity contribution < 1.29 is 4.79 Å². The van der Waals surface area contributed by atoms with Gasteiger partial charge in [0.25, 0.3) is 0 Å². The van der Waals surface area contributed by atoms with E-state index in [-0.39, 0.29) is 5.78 Å². The SMILES string of the molecule is CC(=O)Cc1sccc2cccc1-2. The highest BCUT2D eigenvalue weighted by Crippen LogP contribution is 2.29. The lowest BCUT2D eigenvalue weighted by atomic mass is 10.1. The largest absolute Gasteiger partial charge is 0.300 e. The summed E-state index contributed by atoms with van der Waals surface area (Å²) in [6, 6.07) is 8.26. The number of fused-ring (bicyclic) bond motifs is 1. The van der Waals surface area contributed by atoms with Crippen LogP contribution in [0.1, 0.15) is 11.8 Å². The average molecular weight is 190 g/mol. The quantitative estimate of drug-likeness (QED) is 0.711. The second-order valence-electron chi connectivity index (χ2n) is 3.12. The van der Waals surface area contributed by atoms with Crippen molar-refractivity contribution in [3.05, 3.63) is 34.5 Å². The monoisotopic (exact) mass is 190 g/mol. The Bertz CT molecular complexity index is 403. The molecule has 0 saturated carbocycles. The smallest absolute Gasteiger partial charge is 0.135 e. The summed E-state index contributed by atoms with van der Waals surface area (Å²) < 4.78 is 0. The second kappa shape index (κ2) is 3.30. The Morgan fingerprint density at radius 3 is 3.00 bits per heavy atom. The maximum Gasteiger partial charge on any atom is 0.135 e. The lowest BCUT2D eigenvalue weighted by Crippen LogP contribution is -1.96. The van der Waals surface area contributed by atoms with Crippen LogP contribution in [0, 0.1) is 0 Å². The zero-order valence-corrected chi connectivity index (χ0v) is 8.23. The first-order valence-electron chi connectivity index (χ1n) is 4.22. The van der Waals surface area contributed by atoms with Gasteiger partial charge in [-0.3, -0.25) is 4.79 Å². The van der Waals surface area contributed by atoms with E-state index in [0.29, 0.717) is 6.42 Å². The minimum absolute atomic E-state index is 0.227. The standard InChI is InChI=1S/C11H10OS/c1-8(12)7-11-10-4-2-3-9(10)5-6-13-11/h2-6H,7H2,1H3. The third kappa shape index (κ3) is 1.63. The molecule has 0 radical (unpaired) electrons. The Morgan fingerprint density at radius 2 is 2.23 bits per heavy atom. The summed E-state index contributed by atoms with van der Waals surface area (Å²) in [6.45, 7) is 1.63. The Kier molecular flexibility index (Phi) is 2.15. The molecular formula is C11H10OS. The van der Waals surface area contributed by atoms with Crippen molar-refractivity contribution in [2.45, 2.75) is 13.3 Å². The van der Waals surface area contributed by atoms with Gasteiger partial charge in [0, 0.05) is 11.3 Å². The van der Waals surface area contributed by atoms with Crippen LogP contribution in [0.3, 0.4) is 0 Å². The van der Waals surface area contributed by atoms with Crippen molar-refractivity contribution in [3.8, 4) is 11.1 Å². The van der Waals surface area contributed by atoms with Gasteiger partial charge in [-0.2, -0.15) is 0 Å². The van der Waals surface area contributed by atoms with Crippen LogP contribution in [0.5, 0.6) is 0 Å². The normalized spacial score (nSPS) is 10.5. The predicted molar refractivity (Wildman–Crippen MR) is 55.3 cm³/mol. The van der Waals surface area contributed by atoms with E-state index >= 15 is 0 Å². The molecule has 0 N–H and O–H groups in total. The fourth-order valence-corrected chi connectivity index (χ4v) is 2.43. The molecule has 0 saturated heterocycles. The van der Waals surface area contributed by atoms with Gasteiger partial charge >= 0.3 is 0 Å². The molecule has 13 heavy (non-hydrogen) atoms. The average Bonchev–Trinajstić information content (AvgIpc) is 2.51. The summed E-state index contributed by atoms with van der Waals surface area (Å²) in [6.07, 6.45) is 0.562. The summed E-state index contributed by atoms with van der Waals surface area (Å²) in [5, 5.41) is 2.04. The van der Waals surface area contributed by atoms with E-state index in [1.165, 1.54) is 16.0 Å². The molecule has 1 aliphatic heterocycles. The Balaban J connectivity index is 2.46. The minimum atomic E-state index is 0.227. The van der Waals surface area contributed by atoms with Crippen LogP contribution in [0.4, 0.5) is 0 Å². The molecule has 2 heteroatoms. The van der Waals surface area contributed by atoms with E-state index in [2.05, 4.69) is 18.2 Å². The van der Waals surface area contributed by atoms with Crippen molar-refractivity contribution in [2.24, 2.45) is 0 Å². The second-order valence-corrected chi connectivity index (χ2v) is 4.12. The summed E-state index contributed by atoms with van der Waals surface area (Å²) >= 11 is 1.65. The molecular weight excluding hydrogens is 180 g/mol.